The van der Waals surface area contributed by atoms with Crippen LogP contribution in [-0.2, 0) is 10.2 Å². The number of anilines is 1. The fourth-order valence-electron chi connectivity index (χ4n) is 5.57. The number of urea groups is 1. The molecule has 1 aliphatic heterocycles. The summed E-state index contributed by atoms with van der Waals surface area (Å²) < 4.78 is 69.4. The fraction of sp³-hybridized carbons (Fsp3) is 0.429. The molecular weight excluding hydrogens is 553 g/mol. The average Bonchev–Trinajstić information content (AvgIpc) is 3.29. The average molecular weight is 586 g/mol. The molecule has 4 rings (SSSR count). The van der Waals surface area contributed by atoms with E-state index in [1.165, 1.54) is 11.6 Å². The molecule has 0 radical (unpaired) electrons. The van der Waals surface area contributed by atoms with Crippen molar-refractivity contribution in [1.82, 2.24) is 10.2 Å². The lowest BCUT2D eigenvalue weighted by Crippen LogP contribution is -2.53. The lowest BCUT2D eigenvalue weighted by Gasteiger charge is -2.45. The molecule has 2 aromatic carbocycles. The highest BCUT2D eigenvalue weighted by molar-refractivity contribution is 5.89. The summed E-state index contributed by atoms with van der Waals surface area (Å²) >= 11 is 0. The largest absolute Gasteiger partial charge is 0.493 e. The Balaban J connectivity index is 0.000000587. The van der Waals surface area contributed by atoms with Crippen molar-refractivity contribution >= 4 is 17.7 Å². The van der Waals surface area contributed by atoms with E-state index in [0.29, 0.717) is 11.5 Å². The van der Waals surface area contributed by atoms with Gasteiger partial charge in [-0.1, -0.05) is 12.1 Å². The molecule has 0 unspecified atom stereocenters. The first-order chi connectivity index (χ1) is 19.3. The first kappa shape index (κ1) is 31.7. The van der Waals surface area contributed by atoms with E-state index >= 15 is 0 Å². The maximum absolute atomic E-state index is 13.5. The Hall–Kier alpha value is -3.87. The van der Waals surface area contributed by atoms with Gasteiger partial charge in [-0.05, 0) is 62.1 Å². The molecule has 2 fully saturated rings. The standard InChI is InChI=1S/C26H31F2N3O3.C2HF3O2/c1-4-12-31-13-11-26(17-5-8-22(33-2)23(14-17)34-3)10-9-19(16-24(26)31)30-25(32)29-18-6-7-20(27)21(28)15-18;3-2(4,5)1(6)7/h4-8,14-15,19,24H,1,9-13,16H2,2-3H3,(H2,29,30,32);(H,6,7)/t19-,24+,26+;/m1./s1. The predicted octanol–water partition coefficient (Wildman–Crippen LogP) is 5.49. The number of hydrogen-bond donors (Lipinski definition) is 3. The van der Waals surface area contributed by atoms with Crippen LogP contribution in [0.5, 0.6) is 11.5 Å². The van der Waals surface area contributed by atoms with Crippen molar-refractivity contribution in [2.45, 2.75) is 49.4 Å². The molecule has 224 valence electrons. The number of carbonyl (C=O) groups excluding carboxylic acids is 1. The minimum atomic E-state index is -5.08. The van der Waals surface area contributed by atoms with Gasteiger partial charge < -0.3 is 25.2 Å². The van der Waals surface area contributed by atoms with E-state index in [1.807, 2.05) is 12.1 Å². The van der Waals surface area contributed by atoms with Gasteiger partial charge in [-0.15, -0.1) is 6.58 Å². The van der Waals surface area contributed by atoms with Crippen molar-refractivity contribution in [3.63, 3.8) is 0 Å². The van der Waals surface area contributed by atoms with Crippen LogP contribution in [0.15, 0.2) is 49.1 Å². The second-order valence-electron chi connectivity index (χ2n) is 9.78. The molecule has 0 aromatic heterocycles. The van der Waals surface area contributed by atoms with Crippen LogP contribution >= 0.6 is 0 Å². The Labute approximate surface area is 234 Å². The number of hydrogen-bond acceptors (Lipinski definition) is 5. The van der Waals surface area contributed by atoms with Crippen LogP contribution in [0.1, 0.15) is 31.2 Å². The molecular formula is C28H32F5N3O5. The number of methoxy groups -OCH3 is 2. The molecule has 3 N–H and O–H groups in total. The smallest absolute Gasteiger partial charge is 0.490 e. The number of aliphatic carboxylic acids is 1. The van der Waals surface area contributed by atoms with Crippen LogP contribution in [0.4, 0.5) is 32.4 Å². The SMILES string of the molecule is C=CCN1CC[C@]2(c3ccc(OC)c(OC)c3)CC[C@@H](NC(=O)Nc3ccc(F)c(F)c3)C[C@H]12.O=C(O)C(F)(F)F. The molecule has 0 bridgehead atoms. The van der Waals surface area contributed by atoms with E-state index < -0.39 is 29.8 Å². The lowest BCUT2D eigenvalue weighted by molar-refractivity contribution is -0.192. The van der Waals surface area contributed by atoms with E-state index in [2.05, 4.69) is 34.2 Å². The minimum absolute atomic E-state index is 0.0472. The van der Waals surface area contributed by atoms with Gasteiger partial charge in [0.1, 0.15) is 0 Å². The molecule has 1 heterocycles. The van der Waals surface area contributed by atoms with E-state index in [-0.39, 0.29) is 23.2 Å². The number of ether oxygens (including phenoxy) is 2. The number of halogens is 5. The van der Waals surface area contributed by atoms with Gasteiger partial charge in [-0.3, -0.25) is 4.90 Å². The first-order valence-electron chi connectivity index (χ1n) is 12.7. The maximum atomic E-state index is 13.5. The first-order valence-corrected chi connectivity index (χ1v) is 12.7. The van der Waals surface area contributed by atoms with E-state index in [4.69, 9.17) is 19.4 Å². The third-order valence-corrected chi connectivity index (χ3v) is 7.45. The molecule has 13 heteroatoms. The van der Waals surface area contributed by atoms with Gasteiger partial charge in [0.2, 0.25) is 0 Å². The quantitative estimate of drug-likeness (QED) is 0.294. The third kappa shape index (κ3) is 7.46. The summed E-state index contributed by atoms with van der Waals surface area (Å²) in [6.45, 7) is 5.63. The van der Waals surface area contributed by atoms with Gasteiger partial charge >= 0.3 is 18.2 Å². The van der Waals surface area contributed by atoms with E-state index in [0.717, 1.165) is 50.9 Å². The number of amides is 2. The number of rotatable bonds is 7. The molecule has 1 saturated heterocycles. The zero-order chi connectivity index (χ0) is 30.4. The number of likely N-dealkylation sites (tertiary alicyclic amines) is 1. The van der Waals surface area contributed by atoms with Crippen LogP contribution in [0.2, 0.25) is 0 Å². The number of carboxylic acids is 1. The maximum Gasteiger partial charge on any atom is 0.490 e. The number of carboxylic acid groups (broad SMARTS) is 1. The molecule has 1 aliphatic carbocycles. The minimum Gasteiger partial charge on any atom is -0.493 e. The van der Waals surface area contributed by atoms with Gasteiger partial charge in [-0.25, -0.2) is 18.4 Å². The van der Waals surface area contributed by atoms with Gasteiger partial charge in [0.05, 0.1) is 14.2 Å². The van der Waals surface area contributed by atoms with Crippen molar-refractivity contribution in [2.75, 3.05) is 32.6 Å². The van der Waals surface area contributed by atoms with Crippen LogP contribution in [0.3, 0.4) is 0 Å². The Bertz CT molecular complexity index is 1260. The molecule has 0 spiro atoms. The Morgan fingerprint density at radius 2 is 1.78 bits per heavy atom. The highest BCUT2D eigenvalue weighted by atomic mass is 19.4. The third-order valence-electron chi connectivity index (χ3n) is 7.45. The summed E-state index contributed by atoms with van der Waals surface area (Å²) in [4.78, 5) is 23.9. The fourth-order valence-corrected chi connectivity index (χ4v) is 5.57. The Morgan fingerprint density at radius 1 is 1.10 bits per heavy atom. The summed E-state index contributed by atoms with van der Waals surface area (Å²) in [5.74, 6) is -3.30. The van der Waals surface area contributed by atoms with Crippen LogP contribution < -0.4 is 20.1 Å². The summed E-state index contributed by atoms with van der Waals surface area (Å²) in [5, 5.41) is 12.8. The van der Waals surface area contributed by atoms with E-state index in [9.17, 15) is 26.7 Å². The number of benzene rings is 2. The topological polar surface area (TPSA) is 100 Å². The number of alkyl halides is 3. The molecule has 2 amide bonds. The number of fused-ring (bicyclic) bond motifs is 1. The van der Waals surface area contributed by atoms with Crippen molar-refractivity contribution in [3.05, 3.63) is 66.3 Å². The summed E-state index contributed by atoms with van der Waals surface area (Å²) in [7, 11) is 3.27. The van der Waals surface area contributed by atoms with Gasteiger partial charge in [0, 0.05) is 35.8 Å². The molecule has 41 heavy (non-hydrogen) atoms. The molecule has 2 aromatic rings. The number of nitrogens with one attached hydrogen (secondary N) is 2. The number of carbonyl (C=O) groups is 2. The van der Waals surface area contributed by atoms with Crippen molar-refractivity contribution in [3.8, 4) is 11.5 Å². The Kier molecular flexibility index (Phi) is 10.2. The molecule has 1 saturated carbocycles. The highest BCUT2D eigenvalue weighted by Gasteiger charge is 2.51. The van der Waals surface area contributed by atoms with Crippen LogP contribution in [-0.4, -0.2) is 67.6 Å². The Morgan fingerprint density at radius 3 is 2.37 bits per heavy atom. The van der Waals surface area contributed by atoms with Gasteiger partial charge in [0.25, 0.3) is 0 Å². The summed E-state index contributed by atoms with van der Waals surface area (Å²) in [5.41, 5.74) is 1.37. The van der Waals surface area contributed by atoms with Gasteiger partial charge in [-0.2, -0.15) is 13.2 Å². The van der Waals surface area contributed by atoms with Gasteiger partial charge in [0.15, 0.2) is 23.1 Å². The van der Waals surface area contributed by atoms with Crippen LogP contribution in [0.25, 0.3) is 0 Å². The second-order valence-corrected chi connectivity index (χ2v) is 9.78. The summed E-state index contributed by atoms with van der Waals surface area (Å²) in [6, 6.07) is 9.19. The summed E-state index contributed by atoms with van der Waals surface area (Å²) in [6.07, 6.45) is 0.314. The molecule has 3 atom stereocenters. The molecule has 8 nitrogen and oxygen atoms in total. The zero-order valence-electron chi connectivity index (χ0n) is 22.6. The lowest BCUT2D eigenvalue weighted by atomic mass is 9.65. The van der Waals surface area contributed by atoms with Crippen molar-refractivity contribution in [1.29, 1.82) is 0 Å². The van der Waals surface area contributed by atoms with E-state index in [1.54, 1.807) is 14.2 Å². The van der Waals surface area contributed by atoms with Crippen LogP contribution in [0, 0.1) is 11.6 Å². The molecule has 2 aliphatic rings. The highest BCUT2D eigenvalue weighted by Crippen LogP contribution is 2.50. The normalized spacial score (nSPS) is 22.0. The number of nitrogens with zero attached hydrogens (tertiary/aromatic N) is 1. The predicted molar refractivity (Wildman–Crippen MR) is 141 cm³/mol. The monoisotopic (exact) mass is 585 g/mol. The second kappa shape index (κ2) is 13.2. The van der Waals surface area contributed by atoms with Crippen molar-refractivity contribution < 1.29 is 46.1 Å². The zero-order valence-corrected chi connectivity index (χ0v) is 22.6. The van der Waals surface area contributed by atoms with Crippen molar-refractivity contribution in [2.24, 2.45) is 0 Å².